The first kappa shape index (κ1) is 12.0. The molecule has 1 N–H and O–H groups in total. The molecule has 0 bridgehead atoms. The Morgan fingerprint density at radius 3 is 2.36 bits per heavy atom. The second-order valence-electron chi connectivity index (χ2n) is 5.81. The van der Waals surface area contributed by atoms with Crippen LogP contribution in [0.1, 0.15) is 53.4 Å². The van der Waals surface area contributed by atoms with Gasteiger partial charge in [-0.25, -0.2) is 0 Å². The Morgan fingerprint density at radius 1 is 1.07 bits per heavy atom. The predicted molar refractivity (Wildman–Crippen MR) is 63.4 cm³/mol. The van der Waals surface area contributed by atoms with E-state index in [1.54, 1.807) is 0 Å². The highest BCUT2D eigenvalue weighted by Gasteiger charge is 2.24. The van der Waals surface area contributed by atoms with Crippen molar-refractivity contribution in [2.45, 2.75) is 59.4 Å². The molecule has 0 aliphatic heterocycles. The molecule has 0 radical (unpaired) electrons. The maximum Gasteiger partial charge on any atom is 0.00699 e. The first-order chi connectivity index (χ1) is 6.58. The highest BCUT2D eigenvalue weighted by Crippen LogP contribution is 2.30. The summed E-state index contributed by atoms with van der Waals surface area (Å²) in [6, 6.07) is 0.821. The fourth-order valence-corrected chi connectivity index (χ4v) is 2.54. The molecule has 0 heterocycles. The van der Waals surface area contributed by atoms with E-state index in [9.17, 15) is 0 Å². The molecule has 1 nitrogen and oxygen atoms in total. The van der Waals surface area contributed by atoms with Crippen molar-refractivity contribution in [1.82, 2.24) is 5.32 Å². The highest BCUT2D eigenvalue weighted by molar-refractivity contribution is 4.81. The van der Waals surface area contributed by atoms with Gasteiger partial charge in [0, 0.05) is 6.04 Å². The lowest BCUT2D eigenvalue weighted by atomic mass is 9.96. The molecule has 0 aromatic carbocycles. The van der Waals surface area contributed by atoms with Crippen LogP contribution in [0.2, 0.25) is 0 Å². The van der Waals surface area contributed by atoms with Gasteiger partial charge in [0.05, 0.1) is 0 Å². The molecule has 0 aromatic heterocycles. The fourth-order valence-electron chi connectivity index (χ4n) is 2.54. The maximum atomic E-state index is 3.68. The second kappa shape index (κ2) is 5.75. The number of hydrogen-bond donors (Lipinski definition) is 1. The predicted octanol–water partition coefficient (Wildman–Crippen LogP) is 3.45. The molecule has 1 aliphatic carbocycles. The fraction of sp³-hybridized carbons (Fsp3) is 1.00. The van der Waals surface area contributed by atoms with Gasteiger partial charge in [-0.05, 0) is 50.0 Å². The van der Waals surface area contributed by atoms with Crippen LogP contribution in [0.4, 0.5) is 0 Å². The summed E-state index contributed by atoms with van der Waals surface area (Å²) in [4.78, 5) is 0. The summed E-state index contributed by atoms with van der Waals surface area (Å²) in [6.07, 6.45) is 5.71. The van der Waals surface area contributed by atoms with Gasteiger partial charge in [0.15, 0.2) is 0 Å². The van der Waals surface area contributed by atoms with E-state index in [1.807, 2.05) is 0 Å². The first-order valence-electron chi connectivity index (χ1n) is 6.31. The highest BCUT2D eigenvalue weighted by atomic mass is 14.9. The van der Waals surface area contributed by atoms with Crippen molar-refractivity contribution in [2.75, 3.05) is 6.54 Å². The summed E-state index contributed by atoms with van der Waals surface area (Å²) in [5.74, 6) is 2.67. The molecule has 84 valence electrons. The molecule has 0 aromatic rings. The first-order valence-corrected chi connectivity index (χ1v) is 6.31. The van der Waals surface area contributed by atoms with E-state index in [2.05, 4.69) is 33.0 Å². The molecule has 0 saturated heterocycles. The largest absolute Gasteiger partial charge is 0.314 e. The van der Waals surface area contributed by atoms with Crippen molar-refractivity contribution < 1.29 is 0 Å². The van der Waals surface area contributed by atoms with Crippen LogP contribution < -0.4 is 5.32 Å². The molecule has 0 amide bonds. The molecule has 1 saturated carbocycles. The lowest BCUT2D eigenvalue weighted by molar-refractivity contribution is 0.398. The summed E-state index contributed by atoms with van der Waals surface area (Å²) < 4.78 is 0. The molecule has 1 rings (SSSR count). The zero-order chi connectivity index (χ0) is 10.6. The minimum atomic E-state index is 0.791. The van der Waals surface area contributed by atoms with Crippen LogP contribution in [-0.2, 0) is 0 Å². The molecule has 0 spiro atoms. The molecular weight excluding hydrogens is 170 g/mol. The topological polar surface area (TPSA) is 12.0 Å². The van der Waals surface area contributed by atoms with Crippen LogP contribution in [0.5, 0.6) is 0 Å². The van der Waals surface area contributed by atoms with E-state index in [0.29, 0.717) is 0 Å². The van der Waals surface area contributed by atoms with Crippen LogP contribution in [-0.4, -0.2) is 12.6 Å². The van der Waals surface area contributed by atoms with Gasteiger partial charge in [0.25, 0.3) is 0 Å². The van der Waals surface area contributed by atoms with E-state index >= 15 is 0 Å². The molecule has 14 heavy (non-hydrogen) atoms. The summed E-state index contributed by atoms with van der Waals surface area (Å²) in [5, 5.41) is 3.68. The summed E-state index contributed by atoms with van der Waals surface area (Å²) in [5.41, 5.74) is 0. The van der Waals surface area contributed by atoms with Crippen molar-refractivity contribution in [3.8, 4) is 0 Å². The number of rotatable bonds is 5. The summed E-state index contributed by atoms with van der Waals surface area (Å²) in [7, 11) is 0. The van der Waals surface area contributed by atoms with Crippen molar-refractivity contribution >= 4 is 0 Å². The second-order valence-corrected chi connectivity index (χ2v) is 5.81. The average Bonchev–Trinajstić information content (AvgIpc) is 2.47. The molecule has 2 atom stereocenters. The van der Waals surface area contributed by atoms with Crippen molar-refractivity contribution in [1.29, 1.82) is 0 Å². The smallest absolute Gasteiger partial charge is 0.00699 e. The Morgan fingerprint density at radius 2 is 1.79 bits per heavy atom. The third kappa shape index (κ3) is 4.45. The Hall–Kier alpha value is -0.0400. The van der Waals surface area contributed by atoms with E-state index in [-0.39, 0.29) is 0 Å². The third-order valence-corrected chi connectivity index (χ3v) is 3.16. The Labute approximate surface area is 89.7 Å². The normalized spacial score (nSPS) is 27.9. The maximum absolute atomic E-state index is 3.68. The van der Waals surface area contributed by atoms with Crippen molar-refractivity contribution in [2.24, 2.45) is 17.8 Å². The van der Waals surface area contributed by atoms with Crippen molar-refractivity contribution in [3.63, 3.8) is 0 Å². The quantitative estimate of drug-likeness (QED) is 0.712. The van der Waals surface area contributed by atoms with Crippen LogP contribution in [0.15, 0.2) is 0 Å². The number of hydrogen-bond acceptors (Lipinski definition) is 1. The van der Waals surface area contributed by atoms with E-state index in [0.717, 1.165) is 23.8 Å². The Kier molecular flexibility index (Phi) is 4.94. The lowest BCUT2D eigenvalue weighted by Crippen LogP contribution is -2.30. The SMILES string of the molecule is CC(C)CNC1CCC(CC(C)C)C1. The van der Waals surface area contributed by atoms with Gasteiger partial charge in [-0.1, -0.05) is 27.7 Å². The standard InChI is InChI=1S/C13H27N/c1-10(2)7-12-5-6-13(8-12)14-9-11(3)4/h10-14H,5-9H2,1-4H3. The Balaban J connectivity index is 2.14. The van der Waals surface area contributed by atoms with Crippen LogP contribution in [0, 0.1) is 17.8 Å². The molecule has 1 aliphatic rings. The van der Waals surface area contributed by atoms with Gasteiger partial charge in [-0.3, -0.25) is 0 Å². The number of nitrogens with one attached hydrogen (secondary N) is 1. The minimum absolute atomic E-state index is 0.791. The molecule has 1 heteroatoms. The van der Waals surface area contributed by atoms with Gasteiger partial charge in [-0.2, -0.15) is 0 Å². The third-order valence-electron chi connectivity index (χ3n) is 3.16. The van der Waals surface area contributed by atoms with Crippen LogP contribution in [0.25, 0.3) is 0 Å². The zero-order valence-electron chi connectivity index (χ0n) is 10.3. The van der Waals surface area contributed by atoms with Gasteiger partial charge in [0.2, 0.25) is 0 Å². The van der Waals surface area contributed by atoms with Gasteiger partial charge in [-0.15, -0.1) is 0 Å². The van der Waals surface area contributed by atoms with Gasteiger partial charge < -0.3 is 5.32 Å². The zero-order valence-corrected chi connectivity index (χ0v) is 10.3. The van der Waals surface area contributed by atoms with Crippen molar-refractivity contribution in [3.05, 3.63) is 0 Å². The van der Waals surface area contributed by atoms with Gasteiger partial charge >= 0.3 is 0 Å². The summed E-state index contributed by atoms with van der Waals surface area (Å²) in [6.45, 7) is 10.4. The molecule has 2 unspecified atom stereocenters. The monoisotopic (exact) mass is 197 g/mol. The average molecular weight is 197 g/mol. The molecule has 1 fully saturated rings. The van der Waals surface area contributed by atoms with E-state index < -0.39 is 0 Å². The van der Waals surface area contributed by atoms with E-state index in [4.69, 9.17) is 0 Å². The van der Waals surface area contributed by atoms with Gasteiger partial charge in [0.1, 0.15) is 0 Å². The minimum Gasteiger partial charge on any atom is -0.314 e. The molecular formula is C13H27N. The Bertz CT molecular complexity index is 151. The van der Waals surface area contributed by atoms with E-state index in [1.165, 1.54) is 32.2 Å². The van der Waals surface area contributed by atoms with Crippen LogP contribution in [0.3, 0.4) is 0 Å². The van der Waals surface area contributed by atoms with Crippen LogP contribution >= 0.6 is 0 Å². The summed E-state index contributed by atoms with van der Waals surface area (Å²) >= 11 is 0. The lowest BCUT2D eigenvalue weighted by Gasteiger charge is -2.15.